The third kappa shape index (κ3) is 2.08. The van der Waals surface area contributed by atoms with E-state index >= 15 is 0 Å². The largest absolute Gasteiger partial charge is 0.394 e. The van der Waals surface area contributed by atoms with Crippen molar-refractivity contribution in [1.29, 1.82) is 0 Å². The van der Waals surface area contributed by atoms with Gasteiger partial charge >= 0.3 is 0 Å². The maximum Gasteiger partial charge on any atom is 0.228 e. The van der Waals surface area contributed by atoms with E-state index in [2.05, 4.69) is 0 Å². The second kappa shape index (κ2) is 4.30. The molecule has 82 valence electrons. The van der Waals surface area contributed by atoms with Crippen LogP contribution in [-0.2, 0) is 4.79 Å². The van der Waals surface area contributed by atoms with Crippen molar-refractivity contribution < 1.29 is 9.90 Å². The number of aliphatic hydroxyl groups excluding tert-OH is 1. The quantitative estimate of drug-likeness (QED) is 0.746. The van der Waals surface area contributed by atoms with Crippen LogP contribution in [0.4, 0.5) is 0 Å². The predicted octanol–water partition coefficient (Wildman–Crippen LogP) is 1.41. The molecule has 3 heteroatoms. The molecule has 1 aliphatic heterocycles. The van der Waals surface area contributed by atoms with Crippen LogP contribution < -0.4 is 0 Å². The summed E-state index contributed by atoms with van der Waals surface area (Å²) in [4.78, 5) is 13.9. The van der Waals surface area contributed by atoms with Crippen LogP contribution in [0.3, 0.4) is 0 Å². The molecule has 0 radical (unpaired) electrons. The van der Waals surface area contributed by atoms with Gasteiger partial charge in [-0.2, -0.15) is 0 Å². The van der Waals surface area contributed by atoms with E-state index in [0.29, 0.717) is 0 Å². The molecule has 0 aliphatic carbocycles. The highest BCUT2D eigenvalue weighted by Gasteiger charge is 2.36. The number of hydrogen-bond donors (Lipinski definition) is 1. The van der Waals surface area contributed by atoms with Gasteiger partial charge < -0.3 is 10.0 Å². The van der Waals surface area contributed by atoms with E-state index in [9.17, 15) is 4.79 Å². The SMILES string of the molecule is CCC(C)(C)C(=O)N1CCCC1CO. The summed E-state index contributed by atoms with van der Waals surface area (Å²) in [6, 6.07) is 0.0633. The fourth-order valence-corrected chi connectivity index (χ4v) is 1.83. The molecule has 1 fully saturated rings. The first-order valence-corrected chi connectivity index (χ1v) is 5.45. The van der Waals surface area contributed by atoms with Gasteiger partial charge in [-0.1, -0.05) is 20.8 Å². The van der Waals surface area contributed by atoms with Gasteiger partial charge in [0.15, 0.2) is 0 Å². The van der Waals surface area contributed by atoms with Gasteiger partial charge in [-0.25, -0.2) is 0 Å². The molecular weight excluding hydrogens is 178 g/mol. The lowest BCUT2D eigenvalue weighted by molar-refractivity contribution is -0.142. The van der Waals surface area contributed by atoms with Crippen molar-refractivity contribution in [1.82, 2.24) is 4.90 Å². The monoisotopic (exact) mass is 199 g/mol. The Balaban J connectivity index is 2.69. The standard InChI is InChI=1S/C11H21NO2/c1-4-11(2,3)10(14)12-7-5-6-9(12)8-13/h9,13H,4-8H2,1-3H3. The summed E-state index contributed by atoms with van der Waals surface area (Å²) in [5.74, 6) is 0.191. The lowest BCUT2D eigenvalue weighted by Gasteiger charge is -2.31. The van der Waals surface area contributed by atoms with Crippen LogP contribution in [0.25, 0.3) is 0 Å². The number of carbonyl (C=O) groups is 1. The predicted molar refractivity (Wildman–Crippen MR) is 55.9 cm³/mol. The highest BCUT2D eigenvalue weighted by Crippen LogP contribution is 2.27. The summed E-state index contributed by atoms with van der Waals surface area (Å²) in [6.45, 7) is 6.89. The minimum absolute atomic E-state index is 0.0633. The molecule has 0 spiro atoms. The van der Waals surface area contributed by atoms with Crippen molar-refractivity contribution in [2.24, 2.45) is 5.41 Å². The zero-order chi connectivity index (χ0) is 10.8. The summed E-state index contributed by atoms with van der Waals surface area (Å²) >= 11 is 0. The molecule has 0 aromatic heterocycles. The number of nitrogens with zero attached hydrogens (tertiary/aromatic N) is 1. The highest BCUT2D eigenvalue weighted by atomic mass is 16.3. The fraction of sp³-hybridized carbons (Fsp3) is 0.909. The summed E-state index contributed by atoms with van der Waals surface area (Å²) in [7, 11) is 0. The number of amides is 1. The Labute approximate surface area is 86.1 Å². The summed E-state index contributed by atoms with van der Waals surface area (Å²) in [6.07, 6.45) is 2.82. The molecule has 14 heavy (non-hydrogen) atoms. The van der Waals surface area contributed by atoms with Crippen LogP contribution in [0.1, 0.15) is 40.0 Å². The third-order valence-corrected chi connectivity index (χ3v) is 3.31. The second-order valence-corrected chi connectivity index (χ2v) is 4.71. The van der Waals surface area contributed by atoms with Gasteiger partial charge in [0.05, 0.1) is 12.6 Å². The average Bonchev–Trinajstić information content (AvgIpc) is 2.64. The highest BCUT2D eigenvalue weighted by molar-refractivity contribution is 5.82. The first-order chi connectivity index (χ1) is 6.53. The first kappa shape index (κ1) is 11.5. The van der Waals surface area contributed by atoms with Crippen molar-refractivity contribution in [2.45, 2.75) is 46.1 Å². The summed E-state index contributed by atoms with van der Waals surface area (Å²) in [5.41, 5.74) is -0.280. The zero-order valence-electron chi connectivity index (χ0n) is 9.42. The van der Waals surface area contributed by atoms with Gasteiger partial charge in [-0.15, -0.1) is 0 Å². The smallest absolute Gasteiger partial charge is 0.228 e. The third-order valence-electron chi connectivity index (χ3n) is 3.31. The van der Waals surface area contributed by atoms with E-state index in [1.54, 1.807) is 0 Å². The van der Waals surface area contributed by atoms with E-state index in [4.69, 9.17) is 5.11 Å². The molecule has 3 nitrogen and oxygen atoms in total. The Bertz CT molecular complexity index is 213. The minimum Gasteiger partial charge on any atom is -0.394 e. The van der Waals surface area contributed by atoms with Gasteiger partial charge in [-0.05, 0) is 19.3 Å². The topological polar surface area (TPSA) is 40.5 Å². The molecule has 0 aromatic carbocycles. The second-order valence-electron chi connectivity index (χ2n) is 4.71. The van der Waals surface area contributed by atoms with Gasteiger partial charge in [-0.3, -0.25) is 4.79 Å². The van der Waals surface area contributed by atoms with Gasteiger partial charge in [0, 0.05) is 12.0 Å². The number of hydrogen-bond acceptors (Lipinski definition) is 2. The number of carbonyl (C=O) groups excluding carboxylic acids is 1. The van der Waals surface area contributed by atoms with Crippen LogP contribution >= 0.6 is 0 Å². The maximum atomic E-state index is 12.1. The van der Waals surface area contributed by atoms with E-state index < -0.39 is 0 Å². The van der Waals surface area contributed by atoms with Crippen molar-refractivity contribution in [2.75, 3.05) is 13.2 Å². The first-order valence-electron chi connectivity index (χ1n) is 5.45. The Hall–Kier alpha value is -0.570. The van der Waals surface area contributed by atoms with Crippen LogP contribution in [0.2, 0.25) is 0 Å². The van der Waals surface area contributed by atoms with Gasteiger partial charge in [0.1, 0.15) is 0 Å². The molecule has 1 atom stereocenters. The molecule has 0 bridgehead atoms. The van der Waals surface area contributed by atoms with Crippen molar-refractivity contribution in [3.8, 4) is 0 Å². The summed E-state index contributed by atoms with van der Waals surface area (Å²) in [5, 5.41) is 9.13. The normalized spacial score (nSPS) is 22.9. The number of aliphatic hydroxyl groups is 1. The Morgan fingerprint density at radius 1 is 1.57 bits per heavy atom. The van der Waals surface area contributed by atoms with Crippen LogP contribution in [-0.4, -0.2) is 35.1 Å². The molecule has 0 aromatic rings. The lowest BCUT2D eigenvalue weighted by atomic mass is 9.88. The van der Waals surface area contributed by atoms with E-state index in [-0.39, 0.29) is 24.0 Å². The van der Waals surface area contributed by atoms with Crippen LogP contribution in [0.5, 0.6) is 0 Å². The van der Waals surface area contributed by atoms with Gasteiger partial charge in [0.2, 0.25) is 5.91 Å². The molecule has 1 rings (SSSR count). The number of likely N-dealkylation sites (tertiary alicyclic amines) is 1. The van der Waals surface area contributed by atoms with Crippen LogP contribution in [0, 0.1) is 5.41 Å². The van der Waals surface area contributed by atoms with Crippen molar-refractivity contribution in [3.05, 3.63) is 0 Å². The van der Waals surface area contributed by atoms with Gasteiger partial charge in [0.25, 0.3) is 0 Å². The van der Waals surface area contributed by atoms with E-state index in [0.717, 1.165) is 25.8 Å². The lowest BCUT2D eigenvalue weighted by Crippen LogP contribution is -2.44. The molecule has 0 saturated carbocycles. The molecule has 1 saturated heterocycles. The summed E-state index contributed by atoms with van der Waals surface area (Å²) < 4.78 is 0. The minimum atomic E-state index is -0.280. The molecule has 1 amide bonds. The molecule has 1 heterocycles. The fourth-order valence-electron chi connectivity index (χ4n) is 1.83. The van der Waals surface area contributed by atoms with E-state index in [1.165, 1.54) is 0 Å². The van der Waals surface area contributed by atoms with Crippen LogP contribution in [0.15, 0.2) is 0 Å². The maximum absolute atomic E-state index is 12.1. The molecule has 1 unspecified atom stereocenters. The Morgan fingerprint density at radius 3 is 2.71 bits per heavy atom. The van der Waals surface area contributed by atoms with E-state index in [1.807, 2.05) is 25.7 Å². The zero-order valence-corrected chi connectivity index (χ0v) is 9.42. The Kier molecular flexibility index (Phi) is 3.53. The van der Waals surface area contributed by atoms with Crippen molar-refractivity contribution >= 4 is 5.91 Å². The number of rotatable bonds is 3. The molecular formula is C11H21NO2. The molecule has 1 N–H and O–H groups in total. The average molecular weight is 199 g/mol. The van der Waals surface area contributed by atoms with Crippen molar-refractivity contribution in [3.63, 3.8) is 0 Å². The molecule has 1 aliphatic rings. The Morgan fingerprint density at radius 2 is 2.21 bits per heavy atom.